The average Bonchev–Trinajstić information content (AvgIpc) is 2.50. The molecular formula is C16H16ClNO2S. The number of rotatable bonds is 5. The Morgan fingerprint density at radius 2 is 1.90 bits per heavy atom. The second-order valence-electron chi connectivity index (χ2n) is 4.48. The number of methoxy groups -OCH3 is 1. The topological polar surface area (TPSA) is 52.3 Å². The van der Waals surface area contributed by atoms with Crippen molar-refractivity contribution >= 4 is 29.3 Å². The number of carbonyl (C=O) groups is 1. The highest BCUT2D eigenvalue weighted by Gasteiger charge is 2.15. The molecular weight excluding hydrogens is 306 g/mol. The maximum atomic E-state index is 11.4. The third kappa shape index (κ3) is 4.49. The summed E-state index contributed by atoms with van der Waals surface area (Å²) in [6.45, 7) is 0. The van der Waals surface area contributed by atoms with Crippen molar-refractivity contribution in [3.8, 4) is 0 Å². The van der Waals surface area contributed by atoms with Crippen LogP contribution in [0.3, 0.4) is 0 Å². The molecule has 0 fully saturated rings. The summed E-state index contributed by atoms with van der Waals surface area (Å²) < 4.78 is 4.67. The third-order valence-corrected chi connectivity index (χ3v) is 4.33. The second kappa shape index (κ2) is 7.50. The minimum atomic E-state index is -0.381. The van der Waals surface area contributed by atoms with Crippen LogP contribution in [0.15, 0.2) is 58.3 Å². The van der Waals surface area contributed by atoms with Crippen LogP contribution in [0.25, 0.3) is 0 Å². The van der Waals surface area contributed by atoms with Gasteiger partial charge in [-0.25, -0.2) is 0 Å². The van der Waals surface area contributed by atoms with Crippen LogP contribution in [0, 0.1) is 0 Å². The second-order valence-corrected chi connectivity index (χ2v) is 6.03. The molecule has 0 aliphatic heterocycles. The van der Waals surface area contributed by atoms with Crippen LogP contribution in [0.2, 0.25) is 5.02 Å². The number of halogens is 1. The van der Waals surface area contributed by atoms with Crippen molar-refractivity contribution in [2.75, 3.05) is 7.11 Å². The van der Waals surface area contributed by atoms with Gasteiger partial charge in [-0.3, -0.25) is 4.79 Å². The lowest BCUT2D eigenvalue weighted by atomic mass is 10.1. The van der Waals surface area contributed by atoms with E-state index < -0.39 is 0 Å². The zero-order valence-electron chi connectivity index (χ0n) is 11.6. The largest absolute Gasteiger partial charge is 0.469 e. The summed E-state index contributed by atoms with van der Waals surface area (Å²) in [5.41, 5.74) is 7.05. The molecule has 2 aromatic carbocycles. The van der Waals surface area contributed by atoms with Gasteiger partial charge in [-0.05, 0) is 35.9 Å². The Balaban J connectivity index is 2.20. The van der Waals surface area contributed by atoms with Crippen LogP contribution in [0.4, 0.5) is 0 Å². The molecule has 2 aromatic rings. The van der Waals surface area contributed by atoms with E-state index in [9.17, 15) is 4.79 Å². The third-order valence-electron chi connectivity index (χ3n) is 2.97. The van der Waals surface area contributed by atoms with Gasteiger partial charge >= 0.3 is 5.97 Å². The van der Waals surface area contributed by atoms with E-state index in [-0.39, 0.29) is 18.4 Å². The Bertz CT molecular complexity index is 616. The number of benzene rings is 2. The van der Waals surface area contributed by atoms with Gasteiger partial charge in [0.2, 0.25) is 0 Å². The number of hydrogen-bond acceptors (Lipinski definition) is 4. The van der Waals surface area contributed by atoms with Crippen molar-refractivity contribution in [3.05, 3.63) is 59.1 Å². The molecule has 0 saturated carbocycles. The molecule has 2 rings (SSSR count). The standard InChI is InChI=1S/C16H16ClNO2S/c1-20-16(19)10-14(18)13-4-2-3-5-15(13)21-12-8-6-11(17)7-9-12/h2-9,14H,10,18H2,1H3/t14-/m0/s1. The van der Waals surface area contributed by atoms with Crippen LogP contribution in [0.1, 0.15) is 18.0 Å². The molecule has 0 amide bonds. The van der Waals surface area contributed by atoms with Gasteiger partial charge in [0.25, 0.3) is 0 Å². The average molecular weight is 322 g/mol. The summed E-state index contributed by atoms with van der Waals surface area (Å²) in [4.78, 5) is 13.5. The summed E-state index contributed by atoms with van der Waals surface area (Å²) in [6, 6.07) is 15.0. The van der Waals surface area contributed by atoms with E-state index in [4.69, 9.17) is 17.3 Å². The zero-order valence-corrected chi connectivity index (χ0v) is 13.2. The molecule has 110 valence electrons. The first kappa shape index (κ1) is 15.9. The van der Waals surface area contributed by atoms with Crippen molar-refractivity contribution in [1.82, 2.24) is 0 Å². The summed E-state index contributed by atoms with van der Waals surface area (Å²) in [5, 5.41) is 0.704. The Labute approximate surface area is 133 Å². The maximum Gasteiger partial charge on any atom is 0.307 e. The van der Waals surface area contributed by atoms with Gasteiger partial charge in [-0.2, -0.15) is 0 Å². The van der Waals surface area contributed by atoms with Gasteiger partial charge in [0.1, 0.15) is 0 Å². The van der Waals surface area contributed by atoms with E-state index in [1.165, 1.54) is 7.11 Å². The summed E-state index contributed by atoms with van der Waals surface area (Å²) in [6.07, 6.45) is 0.161. The molecule has 0 aromatic heterocycles. The first-order valence-corrected chi connectivity index (χ1v) is 7.64. The molecule has 1 atom stereocenters. The molecule has 5 heteroatoms. The zero-order chi connectivity index (χ0) is 15.2. The highest BCUT2D eigenvalue weighted by atomic mass is 35.5. The molecule has 0 spiro atoms. The van der Waals surface area contributed by atoms with E-state index in [2.05, 4.69) is 4.74 Å². The normalized spacial score (nSPS) is 12.0. The van der Waals surface area contributed by atoms with E-state index in [1.54, 1.807) is 11.8 Å². The molecule has 0 aliphatic carbocycles. The van der Waals surface area contributed by atoms with E-state index >= 15 is 0 Å². The molecule has 3 nitrogen and oxygen atoms in total. The monoisotopic (exact) mass is 321 g/mol. The predicted octanol–water partition coefficient (Wildman–Crippen LogP) is 4.05. The van der Waals surface area contributed by atoms with Gasteiger partial charge in [0.05, 0.1) is 13.5 Å². The number of ether oxygens (including phenoxy) is 1. The summed E-state index contributed by atoms with van der Waals surface area (Å²) in [7, 11) is 1.36. The van der Waals surface area contributed by atoms with Crippen LogP contribution < -0.4 is 5.73 Å². The molecule has 0 unspecified atom stereocenters. The Morgan fingerprint density at radius 3 is 2.57 bits per heavy atom. The Kier molecular flexibility index (Phi) is 5.67. The minimum Gasteiger partial charge on any atom is -0.469 e. The lowest BCUT2D eigenvalue weighted by Crippen LogP contribution is -2.17. The van der Waals surface area contributed by atoms with E-state index in [0.717, 1.165) is 15.4 Å². The van der Waals surface area contributed by atoms with Gasteiger partial charge in [-0.15, -0.1) is 0 Å². The van der Waals surface area contributed by atoms with Crippen molar-refractivity contribution < 1.29 is 9.53 Å². The molecule has 0 heterocycles. The lowest BCUT2D eigenvalue weighted by Gasteiger charge is -2.15. The van der Waals surface area contributed by atoms with Crippen molar-refractivity contribution in [1.29, 1.82) is 0 Å². The van der Waals surface area contributed by atoms with E-state index in [0.29, 0.717) is 5.02 Å². The van der Waals surface area contributed by atoms with Crippen LogP contribution >= 0.6 is 23.4 Å². The number of carbonyl (C=O) groups excluding carboxylic acids is 1. The highest BCUT2D eigenvalue weighted by Crippen LogP contribution is 2.34. The van der Waals surface area contributed by atoms with Crippen LogP contribution in [0.5, 0.6) is 0 Å². The van der Waals surface area contributed by atoms with Gasteiger partial charge in [0, 0.05) is 20.9 Å². The minimum absolute atomic E-state index is 0.161. The summed E-state index contributed by atoms with van der Waals surface area (Å²) in [5.74, 6) is -0.311. The SMILES string of the molecule is COC(=O)C[C@H](N)c1ccccc1Sc1ccc(Cl)cc1. The molecule has 0 radical (unpaired) electrons. The van der Waals surface area contributed by atoms with Gasteiger partial charge in [-0.1, -0.05) is 41.6 Å². The van der Waals surface area contributed by atoms with Crippen molar-refractivity contribution in [3.63, 3.8) is 0 Å². The Hall–Kier alpha value is -1.49. The molecule has 2 N–H and O–H groups in total. The quantitative estimate of drug-likeness (QED) is 0.844. The fourth-order valence-electron chi connectivity index (χ4n) is 1.88. The first-order valence-electron chi connectivity index (χ1n) is 6.45. The number of esters is 1. The lowest BCUT2D eigenvalue weighted by molar-refractivity contribution is -0.141. The molecule has 0 saturated heterocycles. The van der Waals surface area contributed by atoms with Crippen molar-refractivity contribution in [2.24, 2.45) is 5.73 Å². The van der Waals surface area contributed by atoms with Gasteiger partial charge < -0.3 is 10.5 Å². The smallest absolute Gasteiger partial charge is 0.307 e. The fraction of sp³-hybridized carbons (Fsp3) is 0.188. The van der Waals surface area contributed by atoms with Crippen LogP contribution in [-0.4, -0.2) is 13.1 Å². The van der Waals surface area contributed by atoms with Crippen LogP contribution in [-0.2, 0) is 9.53 Å². The Morgan fingerprint density at radius 1 is 1.24 bits per heavy atom. The van der Waals surface area contributed by atoms with Crippen molar-refractivity contribution in [2.45, 2.75) is 22.3 Å². The number of hydrogen-bond donors (Lipinski definition) is 1. The van der Waals surface area contributed by atoms with E-state index in [1.807, 2.05) is 48.5 Å². The summed E-state index contributed by atoms with van der Waals surface area (Å²) >= 11 is 7.48. The fourth-order valence-corrected chi connectivity index (χ4v) is 3.02. The highest BCUT2D eigenvalue weighted by molar-refractivity contribution is 7.99. The van der Waals surface area contributed by atoms with Gasteiger partial charge in [0.15, 0.2) is 0 Å². The molecule has 0 aliphatic rings. The molecule has 0 bridgehead atoms. The maximum absolute atomic E-state index is 11.4. The predicted molar refractivity (Wildman–Crippen MR) is 85.6 cm³/mol. The first-order chi connectivity index (χ1) is 10.1. The number of nitrogens with two attached hydrogens (primary N) is 1. The molecule has 21 heavy (non-hydrogen) atoms.